The molecule has 10 nitrogen and oxygen atoms in total. The second-order valence-corrected chi connectivity index (χ2v) is 7.94. The highest BCUT2D eigenvalue weighted by molar-refractivity contribution is 7.89. The third kappa shape index (κ3) is 4.71. The number of ether oxygens (including phenoxy) is 2. The minimum atomic E-state index is -4.25. The van der Waals surface area contributed by atoms with Crippen LogP contribution >= 0.6 is 0 Å². The second-order valence-electron chi connectivity index (χ2n) is 6.41. The number of benzene rings is 1. The molecule has 0 spiro atoms. The number of carboxylic acid groups (broad SMARTS) is 1. The molecule has 3 N–H and O–H groups in total. The number of likely N-dealkylation sites (tertiary alicyclic amines) is 1. The van der Waals surface area contributed by atoms with E-state index in [1.54, 1.807) is 6.92 Å². The second kappa shape index (κ2) is 8.17. The Labute approximate surface area is 166 Å². The third-order valence-corrected chi connectivity index (χ3v) is 5.35. The predicted octanol–water partition coefficient (Wildman–Crippen LogP) is 1.89. The van der Waals surface area contributed by atoms with Gasteiger partial charge in [0.1, 0.15) is 17.3 Å². The van der Waals surface area contributed by atoms with Gasteiger partial charge in [0.15, 0.2) is 11.6 Å². The van der Waals surface area contributed by atoms with Gasteiger partial charge in [-0.1, -0.05) is 6.07 Å². The van der Waals surface area contributed by atoms with Crippen LogP contribution < -0.4 is 14.6 Å². The molecule has 0 aliphatic carbocycles. The number of amides is 1. The monoisotopic (exact) mass is 426 g/mol. The fourth-order valence-electron chi connectivity index (χ4n) is 2.86. The molecule has 156 valence electrons. The largest absolute Gasteiger partial charge is 0.474 e. The fraction of sp³-hybridized carbons (Fsp3) is 0.353. The molecule has 1 aliphatic rings. The number of halogens is 1. The van der Waals surface area contributed by atoms with E-state index in [-0.39, 0.29) is 23.6 Å². The van der Waals surface area contributed by atoms with E-state index in [0.717, 1.165) is 6.07 Å². The number of piperidine rings is 1. The molecule has 1 aromatic heterocycles. The third-order valence-electron chi connectivity index (χ3n) is 4.42. The summed E-state index contributed by atoms with van der Waals surface area (Å²) in [5.41, 5.74) is 0.383. The molecule has 0 bridgehead atoms. The van der Waals surface area contributed by atoms with Gasteiger partial charge >= 0.3 is 6.09 Å². The van der Waals surface area contributed by atoms with Gasteiger partial charge in [-0.25, -0.2) is 32.7 Å². The van der Waals surface area contributed by atoms with Crippen LogP contribution in [0.15, 0.2) is 29.4 Å². The van der Waals surface area contributed by atoms with E-state index in [2.05, 4.69) is 9.97 Å². The minimum Gasteiger partial charge on any atom is -0.474 e. The predicted molar refractivity (Wildman–Crippen MR) is 97.9 cm³/mol. The molecule has 0 atom stereocenters. The Hall–Kier alpha value is -2.99. The van der Waals surface area contributed by atoms with Crippen molar-refractivity contribution in [3.05, 3.63) is 35.9 Å². The zero-order chi connectivity index (χ0) is 21.2. The number of carbonyl (C=O) groups is 1. The smallest absolute Gasteiger partial charge is 0.407 e. The summed E-state index contributed by atoms with van der Waals surface area (Å²) >= 11 is 0. The number of aromatic nitrogens is 2. The van der Waals surface area contributed by atoms with Gasteiger partial charge in [0.25, 0.3) is 0 Å². The van der Waals surface area contributed by atoms with E-state index in [0.29, 0.717) is 31.5 Å². The van der Waals surface area contributed by atoms with Crippen molar-refractivity contribution in [2.75, 3.05) is 13.1 Å². The Balaban J connectivity index is 1.77. The molecule has 29 heavy (non-hydrogen) atoms. The van der Waals surface area contributed by atoms with Crippen molar-refractivity contribution in [3.8, 4) is 17.5 Å². The lowest BCUT2D eigenvalue weighted by Crippen LogP contribution is -2.41. The number of hydrogen-bond acceptors (Lipinski definition) is 7. The maximum absolute atomic E-state index is 14.4. The van der Waals surface area contributed by atoms with Crippen molar-refractivity contribution >= 4 is 16.1 Å². The normalized spacial score (nSPS) is 15.2. The Morgan fingerprint density at radius 2 is 1.93 bits per heavy atom. The fourth-order valence-corrected chi connectivity index (χ4v) is 3.48. The molecule has 2 heterocycles. The van der Waals surface area contributed by atoms with E-state index < -0.39 is 26.8 Å². The van der Waals surface area contributed by atoms with Crippen LogP contribution in [0.5, 0.6) is 17.5 Å². The average Bonchev–Trinajstić information content (AvgIpc) is 2.66. The minimum absolute atomic E-state index is 0.0107. The molecule has 0 unspecified atom stereocenters. The summed E-state index contributed by atoms with van der Waals surface area (Å²) in [6.45, 7) is 2.30. The van der Waals surface area contributed by atoms with Crippen LogP contribution in [0.2, 0.25) is 0 Å². The number of nitrogens with zero attached hydrogens (tertiary/aromatic N) is 3. The van der Waals surface area contributed by atoms with Crippen LogP contribution in [0.4, 0.5) is 9.18 Å². The van der Waals surface area contributed by atoms with Gasteiger partial charge in [-0.15, -0.1) is 0 Å². The zero-order valence-electron chi connectivity index (χ0n) is 15.4. The van der Waals surface area contributed by atoms with Crippen LogP contribution in [0, 0.1) is 12.7 Å². The lowest BCUT2D eigenvalue weighted by atomic mass is 10.1. The lowest BCUT2D eigenvalue weighted by molar-refractivity contribution is 0.0864. The van der Waals surface area contributed by atoms with Crippen LogP contribution in [0.25, 0.3) is 0 Å². The summed E-state index contributed by atoms with van der Waals surface area (Å²) in [5, 5.41) is 14.0. The standard InChI is InChI=1S/C17H19FN4O6S/c1-10-15(27-11-5-7-22(8-6-11)17(23)24)20-9-21-16(10)28-12-3-2-4-13(14(12)18)29(19,25)26/h2-4,9,11H,5-8H2,1H3,(H,23,24)(H2,19,25,26). The van der Waals surface area contributed by atoms with E-state index in [4.69, 9.17) is 19.7 Å². The van der Waals surface area contributed by atoms with Gasteiger partial charge in [-0.2, -0.15) is 0 Å². The van der Waals surface area contributed by atoms with Gasteiger partial charge in [0.05, 0.1) is 5.56 Å². The number of sulfonamides is 1. The molecule has 1 saturated heterocycles. The maximum atomic E-state index is 14.4. The molecule has 1 amide bonds. The maximum Gasteiger partial charge on any atom is 0.407 e. The van der Waals surface area contributed by atoms with Crippen LogP contribution in [-0.4, -0.2) is 53.7 Å². The van der Waals surface area contributed by atoms with Gasteiger partial charge in [0.2, 0.25) is 21.8 Å². The van der Waals surface area contributed by atoms with Crippen molar-refractivity contribution in [1.29, 1.82) is 0 Å². The van der Waals surface area contributed by atoms with Crippen LogP contribution in [0.1, 0.15) is 18.4 Å². The van der Waals surface area contributed by atoms with Gasteiger partial charge in [0, 0.05) is 25.9 Å². The molecule has 0 radical (unpaired) electrons. The summed E-state index contributed by atoms with van der Waals surface area (Å²) in [5.74, 6) is -1.29. The van der Waals surface area contributed by atoms with Crippen molar-refractivity contribution in [2.24, 2.45) is 5.14 Å². The highest BCUT2D eigenvalue weighted by Gasteiger charge is 2.25. The summed E-state index contributed by atoms with van der Waals surface area (Å²) in [4.78, 5) is 19.6. The topological polar surface area (TPSA) is 145 Å². The lowest BCUT2D eigenvalue weighted by Gasteiger charge is -2.30. The Morgan fingerprint density at radius 1 is 1.28 bits per heavy atom. The molecule has 3 rings (SSSR count). The average molecular weight is 426 g/mol. The van der Waals surface area contributed by atoms with E-state index in [9.17, 15) is 17.6 Å². The van der Waals surface area contributed by atoms with Crippen molar-refractivity contribution in [1.82, 2.24) is 14.9 Å². The number of rotatable bonds is 5. The number of primary sulfonamides is 1. The Morgan fingerprint density at radius 3 is 2.55 bits per heavy atom. The highest BCUT2D eigenvalue weighted by Crippen LogP contribution is 2.32. The van der Waals surface area contributed by atoms with E-state index in [1.165, 1.54) is 23.4 Å². The number of hydrogen-bond donors (Lipinski definition) is 2. The summed E-state index contributed by atoms with van der Waals surface area (Å²) in [7, 11) is -4.25. The molecular weight excluding hydrogens is 407 g/mol. The van der Waals surface area contributed by atoms with Gasteiger partial charge in [-0.3, -0.25) is 0 Å². The zero-order valence-corrected chi connectivity index (χ0v) is 16.2. The summed E-state index contributed by atoms with van der Waals surface area (Å²) < 4.78 is 48.7. The molecule has 0 saturated carbocycles. The van der Waals surface area contributed by atoms with Crippen molar-refractivity contribution in [2.45, 2.75) is 30.8 Å². The molecule has 1 aliphatic heterocycles. The first-order valence-corrected chi connectivity index (χ1v) is 10.2. The van der Waals surface area contributed by atoms with Crippen LogP contribution in [0.3, 0.4) is 0 Å². The van der Waals surface area contributed by atoms with Crippen LogP contribution in [-0.2, 0) is 10.0 Å². The van der Waals surface area contributed by atoms with Crippen molar-refractivity contribution in [3.63, 3.8) is 0 Å². The molecule has 2 aromatic rings. The molecule has 1 fully saturated rings. The molecule has 12 heteroatoms. The number of nitrogens with two attached hydrogens (primary N) is 1. The Bertz CT molecular complexity index is 1020. The Kier molecular flexibility index (Phi) is 5.84. The molecular formula is C17H19FN4O6S. The summed E-state index contributed by atoms with van der Waals surface area (Å²) in [6.07, 6.45) is 0.954. The van der Waals surface area contributed by atoms with Gasteiger partial charge < -0.3 is 19.5 Å². The highest BCUT2D eigenvalue weighted by atomic mass is 32.2. The van der Waals surface area contributed by atoms with Crippen molar-refractivity contribution < 1.29 is 32.2 Å². The first kappa shape index (κ1) is 20.7. The molecule has 1 aromatic carbocycles. The first-order valence-electron chi connectivity index (χ1n) is 8.62. The van der Waals surface area contributed by atoms with Gasteiger partial charge in [-0.05, 0) is 19.1 Å². The SMILES string of the molecule is Cc1c(Oc2cccc(S(N)(=O)=O)c2F)ncnc1OC1CCN(C(=O)O)CC1. The summed E-state index contributed by atoms with van der Waals surface area (Å²) in [6, 6.07) is 3.57. The van der Waals surface area contributed by atoms with E-state index >= 15 is 0 Å². The first-order chi connectivity index (χ1) is 13.7. The quantitative estimate of drug-likeness (QED) is 0.737. The van der Waals surface area contributed by atoms with E-state index in [1.807, 2.05) is 0 Å².